The Morgan fingerprint density at radius 3 is 2.50 bits per heavy atom. The molecule has 40 heavy (non-hydrogen) atoms. The normalized spacial score (nSPS) is 11.0. The van der Waals surface area contributed by atoms with Gasteiger partial charge in [-0.05, 0) is 37.3 Å². The van der Waals surface area contributed by atoms with E-state index in [-0.39, 0.29) is 23.6 Å². The molecule has 0 aliphatic rings. The van der Waals surface area contributed by atoms with Crippen molar-refractivity contribution in [2.24, 2.45) is 5.10 Å². The van der Waals surface area contributed by atoms with E-state index in [1.807, 2.05) is 37.3 Å². The van der Waals surface area contributed by atoms with Crippen LogP contribution in [0.5, 0.6) is 5.75 Å². The second-order valence-corrected chi connectivity index (χ2v) is 8.86. The maximum atomic E-state index is 13.4. The summed E-state index contributed by atoms with van der Waals surface area (Å²) >= 11 is 0. The number of nitro groups is 1. The molecule has 0 bridgehead atoms. The first kappa shape index (κ1) is 26.0. The Kier molecular flexibility index (Phi) is 7.41. The number of hydrogen-bond acceptors (Lipinski definition) is 7. The number of anilines is 1. The number of amides is 1. The monoisotopic (exact) mass is 533 g/mol. The summed E-state index contributed by atoms with van der Waals surface area (Å²) in [5, 5.41) is 18.9. The van der Waals surface area contributed by atoms with E-state index >= 15 is 0 Å². The largest absolute Gasteiger partial charge is 0.483 e. The zero-order chi connectivity index (χ0) is 28.1. The quantitative estimate of drug-likeness (QED) is 0.166. The molecule has 0 unspecified atom stereocenters. The van der Waals surface area contributed by atoms with Crippen molar-refractivity contribution < 1.29 is 14.5 Å². The van der Waals surface area contributed by atoms with Gasteiger partial charge >= 0.3 is 0 Å². The summed E-state index contributed by atoms with van der Waals surface area (Å²) in [7, 11) is 0. The molecule has 0 radical (unpaired) electrons. The van der Waals surface area contributed by atoms with Crippen LogP contribution < -0.4 is 15.6 Å². The Balaban J connectivity index is 1.50. The highest BCUT2D eigenvalue weighted by Crippen LogP contribution is 2.24. The summed E-state index contributed by atoms with van der Waals surface area (Å²) in [6.07, 6.45) is 1.28. The van der Waals surface area contributed by atoms with Gasteiger partial charge in [0.25, 0.3) is 17.2 Å². The maximum Gasteiger partial charge on any atom is 0.282 e. The van der Waals surface area contributed by atoms with E-state index in [4.69, 9.17) is 4.74 Å². The fourth-order valence-corrected chi connectivity index (χ4v) is 3.98. The highest BCUT2D eigenvalue weighted by molar-refractivity contribution is 5.92. The Hall–Kier alpha value is -5.64. The Labute approximate surface area is 228 Å². The lowest BCUT2D eigenvalue weighted by atomic mass is 10.2. The molecule has 5 aromatic rings. The number of aryl methyl sites for hydroxylation is 1. The predicted molar refractivity (Wildman–Crippen MR) is 153 cm³/mol. The van der Waals surface area contributed by atoms with Gasteiger partial charge in [-0.2, -0.15) is 9.78 Å². The molecule has 1 aromatic heterocycles. The van der Waals surface area contributed by atoms with Gasteiger partial charge in [0.05, 0.1) is 22.0 Å². The minimum atomic E-state index is -0.551. The number of rotatable bonds is 8. The average Bonchev–Trinajstić information content (AvgIpc) is 2.97. The van der Waals surface area contributed by atoms with Crippen LogP contribution in [0.2, 0.25) is 0 Å². The van der Waals surface area contributed by atoms with Crippen molar-refractivity contribution in [1.82, 2.24) is 9.66 Å². The number of benzene rings is 4. The molecule has 1 heterocycles. The van der Waals surface area contributed by atoms with Crippen molar-refractivity contribution in [3.05, 3.63) is 129 Å². The van der Waals surface area contributed by atoms with Crippen LogP contribution >= 0.6 is 0 Å². The number of carbonyl (C=O) groups excluding carboxylic acids is 1. The van der Waals surface area contributed by atoms with Gasteiger partial charge in [0.1, 0.15) is 5.75 Å². The number of nitrogens with one attached hydrogen (secondary N) is 1. The maximum absolute atomic E-state index is 13.4. The molecule has 4 aromatic carbocycles. The standard InChI is InChI=1S/C30H23N5O5/c1-20-11-13-23(14-12-20)32-28(36)19-40-27-16-15-24(35(38)39)17-22(27)18-31-34-29(21-7-3-2-4-8-21)33-26-10-6-5-9-25(26)30(34)37/h2-18H,19H2,1H3,(H,32,36). The van der Waals surface area contributed by atoms with Crippen molar-refractivity contribution in [3.63, 3.8) is 0 Å². The molecule has 0 fully saturated rings. The van der Waals surface area contributed by atoms with Gasteiger partial charge in [-0.3, -0.25) is 19.7 Å². The molecule has 0 atom stereocenters. The van der Waals surface area contributed by atoms with Gasteiger partial charge in [-0.25, -0.2) is 4.98 Å². The average molecular weight is 534 g/mol. The smallest absolute Gasteiger partial charge is 0.282 e. The molecule has 0 aliphatic carbocycles. The number of nitro benzene ring substituents is 1. The number of aromatic nitrogens is 2. The van der Waals surface area contributed by atoms with Crippen LogP contribution in [0.4, 0.5) is 11.4 Å². The van der Waals surface area contributed by atoms with Crippen LogP contribution in [0.25, 0.3) is 22.3 Å². The fraction of sp³-hybridized carbons (Fsp3) is 0.0667. The van der Waals surface area contributed by atoms with E-state index in [1.54, 1.807) is 48.5 Å². The van der Waals surface area contributed by atoms with E-state index in [0.29, 0.717) is 28.0 Å². The van der Waals surface area contributed by atoms with Crippen LogP contribution in [0.1, 0.15) is 11.1 Å². The number of carbonyl (C=O) groups is 1. The molecule has 10 heteroatoms. The van der Waals surface area contributed by atoms with Gasteiger partial charge in [-0.1, -0.05) is 60.2 Å². The Morgan fingerprint density at radius 2 is 1.75 bits per heavy atom. The topological polar surface area (TPSA) is 129 Å². The summed E-state index contributed by atoms with van der Waals surface area (Å²) in [5.74, 6) is 0.0637. The van der Waals surface area contributed by atoms with Crippen molar-refractivity contribution in [2.45, 2.75) is 6.92 Å². The lowest BCUT2D eigenvalue weighted by Crippen LogP contribution is -2.21. The van der Waals surface area contributed by atoms with Gasteiger partial charge in [0.2, 0.25) is 0 Å². The molecule has 10 nitrogen and oxygen atoms in total. The second kappa shape index (κ2) is 11.4. The van der Waals surface area contributed by atoms with Gasteiger partial charge < -0.3 is 10.1 Å². The molecular weight excluding hydrogens is 510 g/mol. The van der Waals surface area contributed by atoms with E-state index in [1.165, 1.54) is 24.4 Å². The minimum absolute atomic E-state index is 0.177. The summed E-state index contributed by atoms with van der Waals surface area (Å²) in [4.78, 5) is 41.5. The number of non-ortho nitro benzene ring substituents is 1. The van der Waals surface area contributed by atoms with E-state index < -0.39 is 16.4 Å². The first-order valence-electron chi connectivity index (χ1n) is 12.3. The fourth-order valence-electron chi connectivity index (χ4n) is 3.98. The summed E-state index contributed by atoms with van der Waals surface area (Å²) in [6.45, 7) is 1.59. The summed E-state index contributed by atoms with van der Waals surface area (Å²) in [6, 6.07) is 27.2. The highest BCUT2D eigenvalue weighted by atomic mass is 16.6. The van der Waals surface area contributed by atoms with Crippen molar-refractivity contribution >= 4 is 34.4 Å². The molecule has 0 spiro atoms. The molecule has 198 valence electrons. The SMILES string of the molecule is Cc1ccc(NC(=O)COc2ccc([N+](=O)[O-])cc2C=Nn2c(-c3ccccc3)nc3ccccc3c2=O)cc1. The predicted octanol–water partition coefficient (Wildman–Crippen LogP) is 5.18. The molecule has 0 saturated heterocycles. The summed E-state index contributed by atoms with van der Waals surface area (Å²) < 4.78 is 6.85. The third-order valence-electron chi connectivity index (χ3n) is 6.00. The minimum Gasteiger partial charge on any atom is -0.483 e. The van der Waals surface area contributed by atoms with Crippen LogP contribution in [0.3, 0.4) is 0 Å². The van der Waals surface area contributed by atoms with Crippen LogP contribution in [0, 0.1) is 17.0 Å². The summed E-state index contributed by atoms with van der Waals surface area (Å²) in [5.41, 5.74) is 2.43. The van der Waals surface area contributed by atoms with Gasteiger partial charge in [-0.15, -0.1) is 0 Å². The zero-order valence-corrected chi connectivity index (χ0v) is 21.4. The number of hydrogen-bond donors (Lipinski definition) is 1. The van der Waals surface area contributed by atoms with Crippen LogP contribution in [-0.2, 0) is 4.79 Å². The van der Waals surface area contributed by atoms with Crippen LogP contribution in [0.15, 0.2) is 107 Å². The third kappa shape index (κ3) is 5.76. The van der Waals surface area contributed by atoms with Crippen molar-refractivity contribution in [3.8, 4) is 17.1 Å². The van der Waals surface area contributed by atoms with Crippen LogP contribution in [-0.4, -0.2) is 33.3 Å². The third-order valence-corrected chi connectivity index (χ3v) is 6.00. The first-order chi connectivity index (χ1) is 19.4. The second-order valence-electron chi connectivity index (χ2n) is 8.86. The van der Waals surface area contributed by atoms with Crippen molar-refractivity contribution in [2.75, 3.05) is 11.9 Å². The number of para-hydroxylation sites is 1. The number of ether oxygens (including phenoxy) is 1. The Morgan fingerprint density at radius 1 is 1.02 bits per heavy atom. The lowest BCUT2D eigenvalue weighted by molar-refractivity contribution is -0.384. The number of fused-ring (bicyclic) bond motifs is 1. The van der Waals surface area contributed by atoms with Gasteiger partial charge in [0.15, 0.2) is 12.4 Å². The zero-order valence-electron chi connectivity index (χ0n) is 21.4. The molecule has 0 saturated carbocycles. The highest BCUT2D eigenvalue weighted by Gasteiger charge is 2.15. The van der Waals surface area contributed by atoms with E-state index in [0.717, 1.165) is 10.2 Å². The Bertz CT molecular complexity index is 1800. The number of nitrogens with zero attached hydrogens (tertiary/aromatic N) is 4. The van der Waals surface area contributed by atoms with Gasteiger partial charge in [0, 0.05) is 28.9 Å². The molecule has 1 N–H and O–H groups in total. The first-order valence-corrected chi connectivity index (χ1v) is 12.3. The molecule has 1 amide bonds. The lowest BCUT2D eigenvalue weighted by Gasteiger charge is -2.11. The molecule has 0 aliphatic heterocycles. The van der Waals surface area contributed by atoms with Crippen molar-refractivity contribution in [1.29, 1.82) is 0 Å². The van der Waals surface area contributed by atoms with E-state index in [9.17, 15) is 19.7 Å². The molecule has 5 rings (SSSR count). The molecular formula is C30H23N5O5. The van der Waals surface area contributed by atoms with E-state index in [2.05, 4.69) is 15.4 Å².